The number of aryl methyl sites for hydroxylation is 1. The zero-order chi connectivity index (χ0) is 16.5. The molecule has 130 valence electrons. The summed E-state index contributed by atoms with van der Waals surface area (Å²) in [5, 5.41) is 4.91. The number of rotatable bonds is 7. The summed E-state index contributed by atoms with van der Waals surface area (Å²) in [6, 6.07) is 4.48. The lowest BCUT2D eigenvalue weighted by atomic mass is 9.95. The van der Waals surface area contributed by atoms with Crippen molar-refractivity contribution in [2.75, 3.05) is 19.8 Å². The quantitative estimate of drug-likeness (QED) is 0.765. The van der Waals surface area contributed by atoms with Gasteiger partial charge in [-0.2, -0.15) is 5.10 Å². The maximum absolute atomic E-state index is 5.77. The highest BCUT2D eigenvalue weighted by atomic mass is 32.1. The normalized spacial score (nSPS) is 21.2. The molecular formula is C19H27N3OS. The molecule has 0 saturated heterocycles. The van der Waals surface area contributed by atoms with Crippen molar-refractivity contribution in [2.45, 2.75) is 52.2 Å². The molecule has 1 aliphatic heterocycles. The molecule has 0 spiro atoms. The van der Waals surface area contributed by atoms with Gasteiger partial charge < -0.3 is 4.74 Å². The Morgan fingerprint density at radius 2 is 2.21 bits per heavy atom. The molecule has 1 saturated carbocycles. The van der Waals surface area contributed by atoms with Crippen molar-refractivity contribution in [3.63, 3.8) is 0 Å². The summed E-state index contributed by atoms with van der Waals surface area (Å²) in [6.07, 6.45) is 5.04. The van der Waals surface area contributed by atoms with Gasteiger partial charge in [0.05, 0.1) is 12.3 Å². The van der Waals surface area contributed by atoms with Gasteiger partial charge in [0.15, 0.2) is 0 Å². The Balaban J connectivity index is 1.51. The summed E-state index contributed by atoms with van der Waals surface area (Å²) in [7, 11) is 0. The van der Waals surface area contributed by atoms with Gasteiger partial charge in [-0.1, -0.05) is 0 Å². The van der Waals surface area contributed by atoms with Crippen LogP contribution in [0.15, 0.2) is 18.3 Å². The summed E-state index contributed by atoms with van der Waals surface area (Å²) >= 11 is 1.91. The van der Waals surface area contributed by atoms with Gasteiger partial charge in [-0.05, 0) is 44.7 Å². The third kappa shape index (κ3) is 3.73. The second-order valence-electron chi connectivity index (χ2n) is 7.23. The standard InChI is InChI=1S/C19H27N3OS/c1-3-23-13-16-9-21(10-17-7-4-14(2)24-17)12-19-18(16)11-22(20-19)8-15-5-6-15/h4,7,11,15-16H,3,5-6,8-10,12-13H2,1-2H3. The molecule has 1 aliphatic carbocycles. The monoisotopic (exact) mass is 345 g/mol. The Kier molecular flexibility index (Phi) is 4.74. The van der Waals surface area contributed by atoms with Gasteiger partial charge in [-0.3, -0.25) is 9.58 Å². The van der Waals surface area contributed by atoms with Crippen LogP contribution in [0.5, 0.6) is 0 Å². The van der Waals surface area contributed by atoms with Gasteiger partial charge in [0.2, 0.25) is 0 Å². The van der Waals surface area contributed by atoms with Crippen LogP contribution in [-0.2, 0) is 24.4 Å². The van der Waals surface area contributed by atoms with Crippen molar-refractivity contribution < 1.29 is 4.74 Å². The first-order valence-corrected chi connectivity index (χ1v) is 9.94. The van der Waals surface area contributed by atoms with E-state index < -0.39 is 0 Å². The first-order chi connectivity index (χ1) is 11.7. The zero-order valence-electron chi connectivity index (χ0n) is 14.7. The molecule has 0 aromatic carbocycles. The topological polar surface area (TPSA) is 30.3 Å². The van der Waals surface area contributed by atoms with Crippen LogP contribution < -0.4 is 0 Å². The van der Waals surface area contributed by atoms with Gasteiger partial charge in [-0.15, -0.1) is 11.3 Å². The Labute approximate surface area is 148 Å². The van der Waals surface area contributed by atoms with E-state index in [1.165, 1.54) is 33.9 Å². The average Bonchev–Trinajstić information content (AvgIpc) is 3.13. The van der Waals surface area contributed by atoms with Gasteiger partial charge in [0.1, 0.15) is 0 Å². The first-order valence-electron chi connectivity index (χ1n) is 9.13. The third-order valence-corrected chi connectivity index (χ3v) is 5.99. The summed E-state index contributed by atoms with van der Waals surface area (Å²) in [5.41, 5.74) is 2.68. The summed E-state index contributed by atoms with van der Waals surface area (Å²) in [5.74, 6) is 1.31. The molecule has 2 aromatic rings. The molecule has 4 nitrogen and oxygen atoms in total. The van der Waals surface area contributed by atoms with E-state index in [1.54, 1.807) is 0 Å². The van der Waals surface area contributed by atoms with Crippen LogP contribution in [0.2, 0.25) is 0 Å². The van der Waals surface area contributed by atoms with E-state index in [2.05, 4.69) is 41.8 Å². The summed E-state index contributed by atoms with van der Waals surface area (Å²) < 4.78 is 7.97. The van der Waals surface area contributed by atoms with Crippen molar-refractivity contribution in [3.8, 4) is 0 Å². The lowest BCUT2D eigenvalue weighted by Gasteiger charge is -2.31. The maximum Gasteiger partial charge on any atom is 0.0801 e. The van der Waals surface area contributed by atoms with Crippen molar-refractivity contribution in [1.29, 1.82) is 0 Å². The molecule has 1 fully saturated rings. The van der Waals surface area contributed by atoms with Crippen LogP contribution in [0.25, 0.3) is 0 Å². The van der Waals surface area contributed by atoms with Gasteiger partial charge in [-0.25, -0.2) is 0 Å². The molecule has 1 atom stereocenters. The molecule has 24 heavy (non-hydrogen) atoms. The van der Waals surface area contributed by atoms with Crippen molar-refractivity contribution >= 4 is 11.3 Å². The Hall–Kier alpha value is -1.17. The molecule has 1 unspecified atom stereocenters. The molecule has 0 amide bonds. The van der Waals surface area contributed by atoms with Crippen molar-refractivity contribution in [2.24, 2.45) is 5.92 Å². The Morgan fingerprint density at radius 1 is 1.33 bits per heavy atom. The van der Waals surface area contributed by atoms with Crippen molar-refractivity contribution in [3.05, 3.63) is 39.3 Å². The smallest absolute Gasteiger partial charge is 0.0801 e. The fourth-order valence-corrected chi connectivity index (χ4v) is 4.53. The number of hydrogen-bond acceptors (Lipinski definition) is 4. The fraction of sp³-hybridized carbons (Fsp3) is 0.632. The van der Waals surface area contributed by atoms with Crippen LogP contribution in [0, 0.1) is 12.8 Å². The first kappa shape index (κ1) is 16.3. The number of nitrogens with zero attached hydrogens (tertiary/aromatic N) is 3. The molecule has 3 heterocycles. The zero-order valence-corrected chi connectivity index (χ0v) is 15.5. The van der Waals surface area contributed by atoms with Crippen LogP contribution >= 0.6 is 11.3 Å². The van der Waals surface area contributed by atoms with Crippen LogP contribution in [0.3, 0.4) is 0 Å². The predicted molar refractivity (Wildman–Crippen MR) is 97.4 cm³/mol. The molecule has 4 rings (SSSR count). The minimum Gasteiger partial charge on any atom is -0.381 e. The number of hydrogen-bond donors (Lipinski definition) is 0. The fourth-order valence-electron chi connectivity index (χ4n) is 3.60. The van der Waals surface area contributed by atoms with E-state index in [4.69, 9.17) is 9.84 Å². The number of aromatic nitrogens is 2. The lowest BCUT2D eigenvalue weighted by molar-refractivity contribution is 0.105. The van der Waals surface area contributed by atoms with E-state index in [0.29, 0.717) is 5.92 Å². The third-order valence-electron chi connectivity index (χ3n) is 5.00. The van der Waals surface area contributed by atoms with Crippen LogP contribution in [0.4, 0.5) is 0 Å². The van der Waals surface area contributed by atoms with Gasteiger partial charge in [0, 0.05) is 60.2 Å². The predicted octanol–water partition coefficient (Wildman–Crippen LogP) is 3.80. The molecule has 2 aromatic heterocycles. The largest absolute Gasteiger partial charge is 0.381 e. The Bertz CT molecular complexity index is 689. The minimum absolute atomic E-state index is 0.447. The Morgan fingerprint density at radius 3 is 2.92 bits per heavy atom. The highest BCUT2D eigenvalue weighted by Gasteiger charge is 2.30. The second-order valence-corrected chi connectivity index (χ2v) is 8.61. The second kappa shape index (κ2) is 6.98. The SMILES string of the molecule is CCOCC1CN(Cc2ccc(C)s2)Cc2nn(CC3CC3)cc21. The molecule has 0 radical (unpaired) electrons. The summed E-state index contributed by atoms with van der Waals surface area (Å²) in [4.78, 5) is 5.37. The molecule has 0 N–H and O–H groups in total. The highest BCUT2D eigenvalue weighted by molar-refractivity contribution is 7.11. The molecule has 2 aliphatic rings. The number of thiophene rings is 1. The van der Waals surface area contributed by atoms with E-state index in [9.17, 15) is 0 Å². The highest BCUT2D eigenvalue weighted by Crippen LogP contribution is 2.33. The summed E-state index contributed by atoms with van der Waals surface area (Å²) in [6.45, 7) is 10.00. The molecular weight excluding hydrogens is 318 g/mol. The molecule has 0 bridgehead atoms. The van der Waals surface area contributed by atoms with Gasteiger partial charge >= 0.3 is 0 Å². The minimum atomic E-state index is 0.447. The van der Waals surface area contributed by atoms with E-state index >= 15 is 0 Å². The van der Waals surface area contributed by atoms with E-state index in [1.807, 2.05) is 11.3 Å². The number of ether oxygens (including phenoxy) is 1. The van der Waals surface area contributed by atoms with E-state index in [-0.39, 0.29) is 0 Å². The molecule has 5 heteroatoms. The van der Waals surface area contributed by atoms with E-state index in [0.717, 1.165) is 45.3 Å². The van der Waals surface area contributed by atoms with Crippen LogP contribution in [-0.4, -0.2) is 34.4 Å². The van der Waals surface area contributed by atoms with Gasteiger partial charge in [0.25, 0.3) is 0 Å². The average molecular weight is 346 g/mol. The maximum atomic E-state index is 5.77. The number of fused-ring (bicyclic) bond motifs is 1. The van der Waals surface area contributed by atoms with Crippen molar-refractivity contribution in [1.82, 2.24) is 14.7 Å². The lowest BCUT2D eigenvalue weighted by Crippen LogP contribution is -2.34. The van der Waals surface area contributed by atoms with Crippen LogP contribution in [0.1, 0.15) is 46.7 Å².